The highest BCUT2D eigenvalue weighted by atomic mass is 32.1. The van der Waals surface area contributed by atoms with Crippen LogP contribution in [0.15, 0.2) is 17.1 Å². The standard InChI is InChI=1S/C17H20N2O4S/c1-4-23-15(20)9-17(24,10-18)16-12-8-14(22-3)13(21-2)7-11(12)5-6-19-16/h7-8,24H,4-6,9H2,1-3H3. The predicted octanol–water partition coefficient (Wildman–Crippen LogP) is 2.19. The molecule has 1 atom stereocenters. The molecule has 0 aromatic heterocycles. The fraction of sp³-hybridized carbons (Fsp3) is 0.471. The first-order valence-corrected chi connectivity index (χ1v) is 8.03. The fourth-order valence-electron chi connectivity index (χ4n) is 2.67. The van der Waals surface area contributed by atoms with Gasteiger partial charge in [-0.25, -0.2) is 0 Å². The van der Waals surface area contributed by atoms with Crippen LogP contribution in [0.5, 0.6) is 11.5 Å². The van der Waals surface area contributed by atoms with Gasteiger partial charge < -0.3 is 14.2 Å². The molecule has 2 rings (SSSR count). The third kappa shape index (κ3) is 3.49. The van der Waals surface area contributed by atoms with E-state index in [-0.39, 0.29) is 13.0 Å². The van der Waals surface area contributed by atoms with E-state index in [2.05, 4.69) is 23.7 Å². The normalized spacial score (nSPS) is 15.4. The van der Waals surface area contributed by atoms with E-state index < -0.39 is 10.7 Å². The molecule has 1 aromatic rings. The number of methoxy groups -OCH3 is 2. The van der Waals surface area contributed by atoms with Crippen molar-refractivity contribution in [1.82, 2.24) is 0 Å². The number of nitrogens with zero attached hydrogens (tertiary/aromatic N) is 2. The Morgan fingerprint density at radius 2 is 2.04 bits per heavy atom. The van der Waals surface area contributed by atoms with Gasteiger partial charge in [0, 0.05) is 12.1 Å². The zero-order chi connectivity index (χ0) is 17.7. The molecule has 0 N–H and O–H groups in total. The third-order valence-corrected chi connectivity index (χ3v) is 4.27. The van der Waals surface area contributed by atoms with Gasteiger partial charge in [0.05, 0.1) is 39.0 Å². The monoisotopic (exact) mass is 348 g/mol. The SMILES string of the molecule is CCOC(=O)CC(S)(C#N)C1=NCCc2cc(OC)c(OC)cc21. The number of thiol groups is 1. The summed E-state index contributed by atoms with van der Waals surface area (Å²) in [5, 5.41) is 9.64. The number of hydrogen-bond acceptors (Lipinski definition) is 7. The lowest BCUT2D eigenvalue weighted by Crippen LogP contribution is -2.37. The van der Waals surface area contributed by atoms with Crippen LogP contribution in [0.3, 0.4) is 0 Å². The quantitative estimate of drug-likeness (QED) is 0.630. The Labute approximate surface area is 146 Å². The van der Waals surface area contributed by atoms with Crippen molar-refractivity contribution in [1.29, 1.82) is 5.26 Å². The van der Waals surface area contributed by atoms with Crippen molar-refractivity contribution in [2.45, 2.75) is 24.5 Å². The largest absolute Gasteiger partial charge is 0.493 e. The molecule has 1 aromatic carbocycles. The second-order valence-electron chi connectivity index (χ2n) is 5.30. The number of rotatable bonds is 6. The van der Waals surface area contributed by atoms with Crippen molar-refractivity contribution in [3.8, 4) is 17.6 Å². The van der Waals surface area contributed by atoms with E-state index in [1.54, 1.807) is 27.2 Å². The molecular formula is C17H20N2O4S. The minimum atomic E-state index is -1.36. The first-order valence-electron chi connectivity index (χ1n) is 7.58. The van der Waals surface area contributed by atoms with E-state index in [9.17, 15) is 10.1 Å². The number of esters is 1. The molecule has 0 fully saturated rings. The Bertz CT molecular complexity index is 711. The lowest BCUT2D eigenvalue weighted by molar-refractivity contribution is -0.143. The van der Waals surface area contributed by atoms with Gasteiger partial charge in [-0.1, -0.05) is 0 Å². The second-order valence-corrected chi connectivity index (χ2v) is 6.06. The van der Waals surface area contributed by atoms with E-state index in [0.29, 0.717) is 30.2 Å². The summed E-state index contributed by atoms with van der Waals surface area (Å²) in [6.45, 7) is 2.49. The Balaban J connectivity index is 2.47. The predicted molar refractivity (Wildman–Crippen MR) is 93.2 cm³/mol. The van der Waals surface area contributed by atoms with Crippen LogP contribution in [0.1, 0.15) is 24.5 Å². The molecule has 0 radical (unpaired) electrons. The van der Waals surface area contributed by atoms with Crippen LogP contribution in [0, 0.1) is 11.3 Å². The molecular weight excluding hydrogens is 328 g/mol. The molecule has 0 saturated carbocycles. The van der Waals surface area contributed by atoms with Gasteiger partial charge in [0.2, 0.25) is 0 Å². The van der Waals surface area contributed by atoms with Gasteiger partial charge >= 0.3 is 5.97 Å². The van der Waals surface area contributed by atoms with Crippen molar-refractivity contribution in [3.05, 3.63) is 23.3 Å². The Hall–Kier alpha value is -2.20. The van der Waals surface area contributed by atoms with Gasteiger partial charge in [0.15, 0.2) is 16.2 Å². The smallest absolute Gasteiger partial charge is 0.308 e. The Morgan fingerprint density at radius 3 is 2.62 bits per heavy atom. The lowest BCUT2D eigenvalue weighted by Gasteiger charge is -2.27. The summed E-state index contributed by atoms with van der Waals surface area (Å²) in [5.74, 6) is 0.671. The first kappa shape index (κ1) is 18.1. The number of carbonyl (C=O) groups is 1. The van der Waals surface area contributed by atoms with Crippen molar-refractivity contribution in [2.24, 2.45) is 4.99 Å². The van der Waals surface area contributed by atoms with Gasteiger partial charge in [0.25, 0.3) is 0 Å². The number of fused-ring (bicyclic) bond motifs is 1. The van der Waals surface area contributed by atoms with Crippen LogP contribution in [-0.4, -0.2) is 43.8 Å². The summed E-state index contributed by atoms with van der Waals surface area (Å²) in [7, 11) is 3.11. The Kier molecular flexibility index (Phi) is 5.73. The zero-order valence-corrected chi connectivity index (χ0v) is 14.9. The van der Waals surface area contributed by atoms with E-state index in [1.807, 2.05) is 6.07 Å². The molecule has 0 amide bonds. The molecule has 24 heavy (non-hydrogen) atoms. The van der Waals surface area contributed by atoms with Gasteiger partial charge in [-0.05, 0) is 31.0 Å². The van der Waals surface area contributed by atoms with Crippen molar-refractivity contribution < 1.29 is 19.0 Å². The van der Waals surface area contributed by atoms with Crippen LogP contribution in [0.2, 0.25) is 0 Å². The van der Waals surface area contributed by atoms with Gasteiger partial charge in [-0.15, -0.1) is 0 Å². The molecule has 128 valence electrons. The number of benzene rings is 1. The van der Waals surface area contributed by atoms with Crippen LogP contribution in [0.4, 0.5) is 0 Å². The average Bonchev–Trinajstić information content (AvgIpc) is 2.59. The minimum Gasteiger partial charge on any atom is -0.493 e. The average molecular weight is 348 g/mol. The van der Waals surface area contributed by atoms with Gasteiger partial charge in [0.1, 0.15) is 0 Å². The van der Waals surface area contributed by atoms with Gasteiger partial charge in [-0.2, -0.15) is 17.9 Å². The second kappa shape index (κ2) is 7.58. The molecule has 0 spiro atoms. The molecule has 1 heterocycles. The molecule has 1 aliphatic rings. The summed E-state index contributed by atoms with van der Waals surface area (Å²) < 4.78 is 14.3. The molecule has 1 unspecified atom stereocenters. The van der Waals surface area contributed by atoms with Crippen LogP contribution in [-0.2, 0) is 16.0 Å². The van der Waals surface area contributed by atoms with Crippen LogP contribution < -0.4 is 9.47 Å². The Morgan fingerprint density at radius 1 is 1.38 bits per heavy atom. The van der Waals surface area contributed by atoms with Crippen molar-refractivity contribution in [3.63, 3.8) is 0 Å². The molecule has 6 nitrogen and oxygen atoms in total. The van der Waals surface area contributed by atoms with E-state index in [4.69, 9.17) is 14.2 Å². The van der Waals surface area contributed by atoms with Crippen molar-refractivity contribution in [2.75, 3.05) is 27.4 Å². The summed E-state index contributed by atoms with van der Waals surface area (Å²) in [6, 6.07) is 5.76. The number of nitriles is 1. The summed E-state index contributed by atoms with van der Waals surface area (Å²) in [4.78, 5) is 16.3. The van der Waals surface area contributed by atoms with Gasteiger partial charge in [-0.3, -0.25) is 9.79 Å². The highest BCUT2D eigenvalue weighted by Gasteiger charge is 2.38. The maximum absolute atomic E-state index is 11.9. The van der Waals surface area contributed by atoms with E-state index in [0.717, 1.165) is 11.1 Å². The number of aliphatic imine (C=N–C) groups is 1. The summed E-state index contributed by atoms with van der Waals surface area (Å²) >= 11 is 4.47. The van der Waals surface area contributed by atoms with Crippen LogP contribution in [0.25, 0.3) is 0 Å². The highest BCUT2D eigenvalue weighted by molar-refractivity contribution is 7.83. The maximum Gasteiger partial charge on any atom is 0.308 e. The fourth-order valence-corrected chi connectivity index (χ4v) is 2.99. The maximum atomic E-state index is 11.9. The van der Waals surface area contributed by atoms with E-state index in [1.165, 1.54) is 0 Å². The molecule has 1 aliphatic heterocycles. The number of hydrogen-bond donors (Lipinski definition) is 1. The molecule has 7 heteroatoms. The number of carbonyl (C=O) groups excluding carboxylic acids is 1. The lowest BCUT2D eigenvalue weighted by atomic mass is 9.87. The number of ether oxygens (including phenoxy) is 3. The molecule has 0 bridgehead atoms. The minimum absolute atomic E-state index is 0.174. The van der Waals surface area contributed by atoms with E-state index >= 15 is 0 Å². The van der Waals surface area contributed by atoms with Crippen LogP contribution >= 0.6 is 12.6 Å². The molecule has 0 aliphatic carbocycles. The zero-order valence-electron chi connectivity index (χ0n) is 14.0. The van der Waals surface area contributed by atoms with Crippen molar-refractivity contribution >= 4 is 24.3 Å². The topological polar surface area (TPSA) is 80.9 Å². The first-order chi connectivity index (χ1) is 11.5. The molecule has 0 saturated heterocycles. The summed E-state index contributed by atoms with van der Waals surface area (Å²) in [6.07, 6.45) is 0.543. The highest BCUT2D eigenvalue weighted by Crippen LogP contribution is 2.36. The third-order valence-electron chi connectivity index (χ3n) is 3.80. The summed E-state index contributed by atoms with van der Waals surface area (Å²) in [5.41, 5.74) is 2.19.